The lowest BCUT2D eigenvalue weighted by Gasteiger charge is -2.41. The molecule has 51 heavy (non-hydrogen) atoms. The summed E-state index contributed by atoms with van der Waals surface area (Å²) in [6, 6.07) is 28.1. The van der Waals surface area contributed by atoms with E-state index in [-0.39, 0.29) is 29.2 Å². The van der Waals surface area contributed by atoms with Crippen LogP contribution in [0.5, 0.6) is 5.75 Å². The van der Waals surface area contributed by atoms with Crippen molar-refractivity contribution in [1.82, 2.24) is 15.2 Å². The molecule has 268 valence electrons. The Morgan fingerprint density at radius 2 is 1.73 bits per heavy atom. The first-order valence-electron chi connectivity index (χ1n) is 18.9. The zero-order chi connectivity index (χ0) is 35.4. The van der Waals surface area contributed by atoms with Crippen LogP contribution in [0.4, 0.5) is 0 Å². The number of carbonyl (C=O) groups is 1. The quantitative estimate of drug-likeness (QED) is 0.144. The van der Waals surface area contributed by atoms with Crippen LogP contribution >= 0.6 is 15.9 Å². The predicted octanol–water partition coefficient (Wildman–Crippen LogP) is 8.20. The van der Waals surface area contributed by atoms with Gasteiger partial charge in [0.15, 0.2) is 0 Å². The number of halogens is 1. The van der Waals surface area contributed by atoms with E-state index in [0.29, 0.717) is 28.9 Å². The summed E-state index contributed by atoms with van der Waals surface area (Å²) in [6.45, 7) is 2.47. The van der Waals surface area contributed by atoms with E-state index in [1.54, 1.807) is 16.8 Å². The number of hydrogen-bond donors (Lipinski definition) is 3. The number of nitrogens with one attached hydrogen (secondary N) is 2. The van der Waals surface area contributed by atoms with Gasteiger partial charge in [-0.3, -0.25) is 9.59 Å². The highest BCUT2D eigenvalue weighted by Crippen LogP contribution is 2.47. The molecule has 0 saturated heterocycles. The molecule has 2 saturated carbocycles. The Morgan fingerprint density at radius 1 is 0.980 bits per heavy atom. The number of carbonyl (C=O) groups excluding carboxylic acids is 1. The molecule has 4 aromatic rings. The molecule has 2 fully saturated rings. The van der Waals surface area contributed by atoms with Crippen molar-refractivity contribution in [2.75, 3.05) is 6.54 Å². The Hall–Kier alpha value is -3.72. The monoisotopic (exact) mass is 751 g/mol. The molecule has 1 amide bonds. The number of aliphatic hydroxyl groups excluding tert-OH is 1. The molecule has 1 spiro atoms. The Balaban J connectivity index is 1.10. The molecule has 2 aliphatic carbocycles. The normalized spacial score (nSPS) is 22.1. The maximum Gasteiger partial charge on any atom is 0.265 e. The summed E-state index contributed by atoms with van der Waals surface area (Å²) in [4.78, 5) is 27.5. The second-order valence-electron chi connectivity index (χ2n) is 14.9. The van der Waals surface area contributed by atoms with E-state index in [4.69, 9.17) is 4.74 Å². The Kier molecular flexibility index (Phi) is 11.1. The van der Waals surface area contributed by atoms with E-state index in [9.17, 15) is 14.7 Å². The maximum absolute atomic E-state index is 14.0. The van der Waals surface area contributed by atoms with E-state index < -0.39 is 12.1 Å². The van der Waals surface area contributed by atoms with Crippen LogP contribution < -0.4 is 20.9 Å². The van der Waals surface area contributed by atoms with Crippen LogP contribution in [0, 0.1) is 0 Å². The molecule has 1 aromatic heterocycles. The number of rotatable bonds is 11. The highest BCUT2D eigenvalue weighted by molar-refractivity contribution is 9.10. The van der Waals surface area contributed by atoms with Gasteiger partial charge in [0.05, 0.1) is 22.2 Å². The third-order valence-electron chi connectivity index (χ3n) is 11.5. The lowest BCUT2D eigenvalue weighted by atomic mass is 9.81. The van der Waals surface area contributed by atoms with Gasteiger partial charge in [0.25, 0.3) is 11.5 Å². The fraction of sp³-hybridized carbons (Fsp3) is 0.442. The summed E-state index contributed by atoms with van der Waals surface area (Å²) in [6.07, 6.45) is 11.4. The van der Waals surface area contributed by atoms with Crippen molar-refractivity contribution in [3.05, 3.63) is 134 Å². The van der Waals surface area contributed by atoms with Gasteiger partial charge in [-0.15, -0.1) is 0 Å². The fourth-order valence-corrected chi connectivity index (χ4v) is 9.11. The van der Waals surface area contributed by atoms with Crippen molar-refractivity contribution in [2.24, 2.45) is 0 Å². The van der Waals surface area contributed by atoms with Crippen LogP contribution in [-0.2, 0) is 12.8 Å². The molecule has 2 heterocycles. The molecule has 8 heteroatoms. The zero-order valence-corrected chi connectivity index (χ0v) is 31.1. The van der Waals surface area contributed by atoms with Gasteiger partial charge < -0.3 is 25.0 Å². The average molecular weight is 753 g/mol. The summed E-state index contributed by atoms with van der Waals surface area (Å²) in [5.74, 6) is 0.995. The molecule has 3 aliphatic rings. The lowest BCUT2D eigenvalue weighted by molar-refractivity contribution is 0.0326. The third-order valence-corrected chi connectivity index (χ3v) is 12.1. The summed E-state index contributed by atoms with van der Waals surface area (Å²) in [5, 5.41) is 18.7. The number of amides is 1. The standard InChI is InChI=1S/C43H50BrN3O4/c1-2-29-18-19-40-35(22-29)38(26-43(51-40)20-9-10-21-43)45-27-39(48)37(23-30-12-5-3-6-13-30)46-41(49)33-25-36(44)42(50)47(28-33)34-17-11-16-32(24-34)31-14-7-4-8-15-31/h3-8,12-15,18-19,22,25,28,32,34,37-39,45,48H,2,9-11,16-17,20-21,23-24,26-27H2,1H3,(H,46,49). The van der Waals surface area contributed by atoms with Gasteiger partial charge in [0.1, 0.15) is 11.4 Å². The number of aliphatic hydroxyl groups is 1. The largest absolute Gasteiger partial charge is 0.487 e. The van der Waals surface area contributed by atoms with Gasteiger partial charge in [-0.2, -0.15) is 0 Å². The minimum Gasteiger partial charge on any atom is -0.487 e. The van der Waals surface area contributed by atoms with Crippen molar-refractivity contribution in [3.63, 3.8) is 0 Å². The van der Waals surface area contributed by atoms with Crippen molar-refractivity contribution >= 4 is 21.8 Å². The first-order valence-corrected chi connectivity index (χ1v) is 19.6. The van der Waals surface area contributed by atoms with Crippen LogP contribution in [0.2, 0.25) is 0 Å². The van der Waals surface area contributed by atoms with Crippen LogP contribution in [-0.4, -0.2) is 39.9 Å². The van der Waals surface area contributed by atoms with Crippen molar-refractivity contribution in [3.8, 4) is 5.75 Å². The van der Waals surface area contributed by atoms with E-state index in [0.717, 1.165) is 68.2 Å². The second kappa shape index (κ2) is 15.9. The van der Waals surface area contributed by atoms with Gasteiger partial charge >= 0.3 is 0 Å². The molecule has 0 radical (unpaired) electrons. The van der Waals surface area contributed by atoms with Crippen molar-refractivity contribution in [1.29, 1.82) is 0 Å². The molecular formula is C43H50BrN3O4. The van der Waals surface area contributed by atoms with Gasteiger partial charge in [0, 0.05) is 36.8 Å². The molecule has 5 unspecified atom stereocenters. The molecule has 0 bridgehead atoms. The summed E-state index contributed by atoms with van der Waals surface area (Å²) in [7, 11) is 0. The summed E-state index contributed by atoms with van der Waals surface area (Å²) in [5.41, 5.74) is 4.83. The minimum absolute atomic E-state index is 0.00542. The predicted molar refractivity (Wildman–Crippen MR) is 206 cm³/mol. The van der Waals surface area contributed by atoms with Gasteiger partial charge in [-0.05, 0) is 108 Å². The lowest BCUT2D eigenvalue weighted by Crippen LogP contribution is -2.50. The first-order chi connectivity index (χ1) is 24.8. The van der Waals surface area contributed by atoms with Crippen molar-refractivity contribution in [2.45, 2.75) is 113 Å². The Morgan fingerprint density at radius 3 is 2.47 bits per heavy atom. The number of aromatic nitrogens is 1. The third kappa shape index (κ3) is 8.19. The van der Waals surface area contributed by atoms with E-state index in [1.165, 1.54) is 24.0 Å². The number of nitrogens with zero attached hydrogens (tertiary/aromatic N) is 1. The zero-order valence-electron chi connectivity index (χ0n) is 29.5. The Bertz CT molecular complexity index is 1860. The highest BCUT2D eigenvalue weighted by Gasteiger charge is 2.43. The molecule has 1 aliphatic heterocycles. The van der Waals surface area contributed by atoms with E-state index in [1.807, 2.05) is 36.4 Å². The number of hydrogen-bond acceptors (Lipinski definition) is 5. The Labute approximate surface area is 310 Å². The van der Waals surface area contributed by atoms with Crippen LogP contribution in [0.25, 0.3) is 0 Å². The van der Waals surface area contributed by atoms with Crippen LogP contribution in [0.3, 0.4) is 0 Å². The van der Waals surface area contributed by atoms with Gasteiger partial charge in [-0.25, -0.2) is 0 Å². The molecule has 3 aromatic carbocycles. The SMILES string of the molecule is CCc1ccc2c(c1)C(NCC(O)C(Cc1ccccc1)NC(=O)c1cc(Br)c(=O)n(C3CCCC(c4ccccc4)C3)c1)CC1(CCCC1)O2. The topological polar surface area (TPSA) is 92.6 Å². The summed E-state index contributed by atoms with van der Waals surface area (Å²) >= 11 is 3.48. The van der Waals surface area contributed by atoms with Gasteiger partial charge in [-0.1, -0.05) is 86.1 Å². The number of ether oxygens (including phenoxy) is 1. The number of benzene rings is 3. The second-order valence-corrected chi connectivity index (χ2v) is 15.8. The fourth-order valence-electron chi connectivity index (χ4n) is 8.66. The van der Waals surface area contributed by atoms with Crippen LogP contribution in [0.15, 0.2) is 100 Å². The summed E-state index contributed by atoms with van der Waals surface area (Å²) < 4.78 is 8.78. The maximum atomic E-state index is 14.0. The van der Waals surface area contributed by atoms with Gasteiger partial charge in [0.2, 0.25) is 0 Å². The highest BCUT2D eigenvalue weighted by atomic mass is 79.9. The first kappa shape index (κ1) is 35.7. The molecule has 7 rings (SSSR count). The molecule has 3 N–H and O–H groups in total. The average Bonchev–Trinajstić information content (AvgIpc) is 3.62. The number of aryl methyl sites for hydroxylation is 1. The van der Waals surface area contributed by atoms with E-state index >= 15 is 0 Å². The number of fused-ring (bicyclic) bond motifs is 1. The van der Waals surface area contributed by atoms with Crippen LogP contribution in [0.1, 0.15) is 115 Å². The molecule has 7 nitrogen and oxygen atoms in total. The molecule has 5 atom stereocenters. The molecular weight excluding hydrogens is 702 g/mol. The smallest absolute Gasteiger partial charge is 0.265 e. The van der Waals surface area contributed by atoms with Crippen molar-refractivity contribution < 1.29 is 14.6 Å². The van der Waals surface area contributed by atoms with E-state index in [2.05, 4.69) is 76.0 Å². The minimum atomic E-state index is -0.867. The number of pyridine rings is 1.